The molecule has 0 aliphatic carbocycles. The Labute approximate surface area is 83.9 Å². The number of para-hydroxylation sites is 1. The van der Waals surface area contributed by atoms with Crippen molar-refractivity contribution in [1.29, 1.82) is 5.26 Å². The van der Waals surface area contributed by atoms with E-state index in [0.29, 0.717) is 12.2 Å². The van der Waals surface area contributed by atoms with Crippen LogP contribution in [0.15, 0.2) is 33.2 Å². The Morgan fingerprint density at radius 3 is 2.85 bits per heavy atom. The molecule has 1 heterocycles. The van der Waals surface area contributed by atoms with Gasteiger partial charge in [-0.25, -0.2) is 0 Å². The van der Waals surface area contributed by atoms with Crippen LogP contribution in [0, 0.1) is 11.3 Å². The molecule has 0 radical (unpaired) electrons. The van der Waals surface area contributed by atoms with Gasteiger partial charge in [0.1, 0.15) is 11.3 Å². The Morgan fingerprint density at radius 1 is 1.38 bits per heavy atom. The molecule has 0 spiro atoms. The monoisotopic (exact) mass is 235 g/mol. The highest BCUT2D eigenvalue weighted by molar-refractivity contribution is 9.10. The van der Waals surface area contributed by atoms with Gasteiger partial charge >= 0.3 is 0 Å². The summed E-state index contributed by atoms with van der Waals surface area (Å²) >= 11 is 3.41. The molecule has 0 saturated carbocycles. The van der Waals surface area contributed by atoms with Crippen LogP contribution in [-0.4, -0.2) is 0 Å². The van der Waals surface area contributed by atoms with E-state index in [1.54, 1.807) is 0 Å². The van der Waals surface area contributed by atoms with E-state index in [1.807, 2.05) is 24.3 Å². The highest BCUT2D eigenvalue weighted by Crippen LogP contribution is 2.30. The lowest BCUT2D eigenvalue weighted by atomic mass is 10.2. The number of halogens is 1. The van der Waals surface area contributed by atoms with Crippen molar-refractivity contribution in [3.63, 3.8) is 0 Å². The summed E-state index contributed by atoms with van der Waals surface area (Å²) in [6.45, 7) is 0. The molecule has 0 fully saturated rings. The van der Waals surface area contributed by atoms with Gasteiger partial charge in [-0.1, -0.05) is 12.1 Å². The molecule has 0 N–H and O–H groups in total. The second-order valence-electron chi connectivity index (χ2n) is 2.67. The molecule has 0 saturated heterocycles. The Hall–Kier alpha value is -1.27. The molecule has 2 rings (SSSR count). The zero-order chi connectivity index (χ0) is 9.26. The average Bonchev–Trinajstić information content (AvgIpc) is 2.46. The van der Waals surface area contributed by atoms with E-state index in [2.05, 4.69) is 22.0 Å². The van der Waals surface area contributed by atoms with Gasteiger partial charge < -0.3 is 4.42 Å². The standard InChI is InChI=1S/C10H6BrNO/c11-10-7-3-1-2-4-8(7)13-9(10)5-6-12/h1-4H,5H2. The smallest absolute Gasteiger partial charge is 0.135 e. The van der Waals surface area contributed by atoms with Gasteiger partial charge in [0.15, 0.2) is 0 Å². The zero-order valence-corrected chi connectivity index (χ0v) is 8.34. The van der Waals surface area contributed by atoms with Crippen molar-refractivity contribution in [2.45, 2.75) is 6.42 Å². The van der Waals surface area contributed by atoms with Crippen molar-refractivity contribution < 1.29 is 4.42 Å². The summed E-state index contributed by atoms with van der Waals surface area (Å²) in [5.74, 6) is 0.698. The topological polar surface area (TPSA) is 36.9 Å². The van der Waals surface area contributed by atoms with Crippen LogP contribution in [0.5, 0.6) is 0 Å². The fourth-order valence-electron chi connectivity index (χ4n) is 1.25. The van der Waals surface area contributed by atoms with Crippen LogP contribution in [0.4, 0.5) is 0 Å². The minimum atomic E-state index is 0.301. The summed E-state index contributed by atoms with van der Waals surface area (Å²) in [5.41, 5.74) is 0.819. The molecule has 64 valence electrons. The van der Waals surface area contributed by atoms with Gasteiger partial charge in [-0.2, -0.15) is 5.26 Å². The molecule has 3 heteroatoms. The number of fused-ring (bicyclic) bond motifs is 1. The van der Waals surface area contributed by atoms with Gasteiger partial charge in [0.2, 0.25) is 0 Å². The first-order valence-corrected chi connectivity index (χ1v) is 4.65. The minimum absolute atomic E-state index is 0.301. The average molecular weight is 236 g/mol. The van der Waals surface area contributed by atoms with Gasteiger partial charge in [0, 0.05) is 5.39 Å². The third-order valence-corrected chi connectivity index (χ3v) is 2.71. The Bertz CT molecular complexity index is 481. The highest BCUT2D eigenvalue weighted by atomic mass is 79.9. The SMILES string of the molecule is N#CCc1oc2ccccc2c1Br. The maximum atomic E-state index is 8.54. The van der Waals surface area contributed by atoms with E-state index in [0.717, 1.165) is 15.4 Å². The van der Waals surface area contributed by atoms with Gasteiger partial charge in [0.25, 0.3) is 0 Å². The normalized spacial score (nSPS) is 10.2. The third-order valence-electron chi connectivity index (χ3n) is 1.84. The lowest BCUT2D eigenvalue weighted by Gasteiger charge is -1.85. The van der Waals surface area contributed by atoms with Crippen LogP contribution in [-0.2, 0) is 6.42 Å². The molecule has 13 heavy (non-hydrogen) atoms. The van der Waals surface area contributed by atoms with Gasteiger partial charge in [-0.05, 0) is 28.1 Å². The van der Waals surface area contributed by atoms with Crippen LogP contribution >= 0.6 is 15.9 Å². The van der Waals surface area contributed by atoms with E-state index >= 15 is 0 Å². The number of furan rings is 1. The lowest BCUT2D eigenvalue weighted by molar-refractivity contribution is 0.564. The molecule has 0 aliphatic heterocycles. The number of nitrogens with zero attached hydrogens (tertiary/aromatic N) is 1. The van der Waals surface area contributed by atoms with E-state index in [1.165, 1.54) is 0 Å². The molecule has 0 unspecified atom stereocenters. The Kier molecular flexibility index (Phi) is 2.07. The second-order valence-corrected chi connectivity index (χ2v) is 3.46. The summed E-state index contributed by atoms with van der Waals surface area (Å²) in [6, 6.07) is 9.77. The lowest BCUT2D eigenvalue weighted by Crippen LogP contribution is -1.75. The quantitative estimate of drug-likeness (QED) is 0.761. The first kappa shape index (κ1) is 8.33. The molecule has 0 amide bonds. The molecule has 0 bridgehead atoms. The predicted octanol–water partition coefficient (Wildman–Crippen LogP) is 3.26. The molecule has 1 aromatic heterocycles. The van der Waals surface area contributed by atoms with Crippen LogP contribution in [0.1, 0.15) is 5.76 Å². The van der Waals surface area contributed by atoms with E-state index in [-0.39, 0.29) is 0 Å². The van der Waals surface area contributed by atoms with Crippen molar-refractivity contribution in [2.24, 2.45) is 0 Å². The highest BCUT2D eigenvalue weighted by Gasteiger charge is 2.09. The molecular formula is C10H6BrNO. The number of nitriles is 1. The summed E-state index contributed by atoms with van der Waals surface area (Å²) in [4.78, 5) is 0. The molecular weight excluding hydrogens is 230 g/mol. The summed E-state index contributed by atoms with van der Waals surface area (Å²) in [5, 5.41) is 9.56. The molecule has 0 aliphatic rings. The molecule has 1 aromatic carbocycles. The fraction of sp³-hybridized carbons (Fsp3) is 0.100. The maximum Gasteiger partial charge on any atom is 0.135 e. The van der Waals surface area contributed by atoms with Gasteiger partial charge in [0.05, 0.1) is 17.0 Å². The van der Waals surface area contributed by atoms with Gasteiger partial charge in [-0.3, -0.25) is 0 Å². The number of benzene rings is 1. The van der Waals surface area contributed by atoms with Crippen molar-refractivity contribution >= 4 is 26.9 Å². The van der Waals surface area contributed by atoms with E-state index in [9.17, 15) is 0 Å². The van der Waals surface area contributed by atoms with Crippen molar-refractivity contribution in [3.05, 3.63) is 34.5 Å². The molecule has 0 atom stereocenters. The van der Waals surface area contributed by atoms with Gasteiger partial charge in [-0.15, -0.1) is 0 Å². The Morgan fingerprint density at radius 2 is 2.15 bits per heavy atom. The van der Waals surface area contributed by atoms with Crippen molar-refractivity contribution in [3.8, 4) is 6.07 Å². The van der Waals surface area contributed by atoms with Crippen molar-refractivity contribution in [1.82, 2.24) is 0 Å². The minimum Gasteiger partial charge on any atom is -0.459 e. The molecule has 2 nitrogen and oxygen atoms in total. The fourth-order valence-corrected chi connectivity index (χ4v) is 1.80. The summed E-state index contributed by atoms with van der Waals surface area (Å²) < 4.78 is 6.36. The van der Waals surface area contributed by atoms with Crippen LogP contribution in [0.3, 0.4) is 0 Å². The van der Waals surface area contributed by atoms with Crippen LogP contribution < -0.4 is 0 Å². The van der Waals surface area contributed by atoms with Crippen LogP contribution in [0.2, 0.25) is 0 Å². The number of hydrogen-bond donors (Lipinski definition) is 0. The van der Waals surface area contributed by atoms with Crippen LogP contribution in [0.25, 0.3) is 11.0 Å². The molecule has 2 aromatic rings. The predicted molar refractivity (Wildman–Crippen MR) is 53.2 cm³/mol. The number of hydrogen-bond acceptors (Lipinski definition) is 2. The summed E-state index contributed by atoms with van der Waals surface area (Å²) in [7, 11) is 0. The maximum absolute atomic E-state index is 8.54. The third kappa shape index (κ3) is 1.34. The van der Waals surface area contributed by atoms with E-state index in [4.69, 9.17) is 9.68 Å². The first-order valence-electron chi connectivity index (χ1n) is 3.86. The van der Waals surface area contributed by atoms with Crippen molar-refractivity contribution in [2.75, 3.05) is 0 Å². The largest absolute Gasteiger partial charge is 0.459 e. The van der Waals surface area contributed by atoms with E-state index < -0.39 is 0 Å². The summed E-state index contributed by atoms with van der Waals surface area (Å²) in [6.07, 6.45) is 0.301. The Balaban J connectivity index is 2.68. The first-order chi connectivity index (χ1) is 6.33. The number of rotatable bonds is 1. The second kappa shape index (κ2) is 3.23. The zero-order valence-electron chi connectivity index (χ0n) is 6.75.